The first-order valence-electron chi connectivity index (χ1n) is 10.0. The van der Waals surface area contributed by atoms with Crippen molar-refractivity contribution in [2.45, 2.75) is 43.8 Å². The van der Waals surface area contributed by atoms with Crippen LogP contribution in [-0.4, -0.2) is 36.8 Å². The second-order valence-corrected chi connectivity index (χ2v) is 14.4. The summed E-state index contributed by atoms with van der Waals surface area (Å²) in [7, 11) is -5.96. The number of ether oxygens (including phenoxy) is 2. The molecule has 2 atom stereocenters. The molecule has 0 amide bonds. The highest BCUT2D eigenvalue weighted by atomic mass is 127. The van der Waals surface area contributed by atoms with Crippen LogP contribution >= 0.6 is 67.8 Å². The first kappa shape index (κ1) is 26.2. The number of carbonyl (C=O) groups excluding carboxylic acids is 2. The predicted octanol–water partition coefficient (Wildman–Crippen LogP) is 4.67. The van der Waals surface area contributed by atoms with E-state index in [1.165, 1.54) is 0 Å². The molecule has 0 spiro atoms. The van der Waals surface area contributed by atoms with Crippen LogP contribution in [0.4, 0.5) is 8.78 Å². The summed E-state index contributed by atoms with van der Waals surface area (Å²) in [5, 5.41) is -4.71. The van der Waals surface area contributed by atoms with Gasteiger partial charge in [0, 0.05) is 3.57 Å². The van der Waals surface area contributed by atoms with Gasteiger partial charge in [0.25, 0.3) is 0 Å². The monoisotopic (exact) mass is 821 g/mol. The number of benzene rings is 1. The van der Waals surface area contributed by atoms with Gasteiger partial charge in [0.15, 0.2) is 22.5 Å². The highest BCUT2D eigenvalue weighted by Crippen LogP contribution is 2.66. The van der Waals surface area contributed by atoms with Crippen molar-refractivity contribution in [1.29, 1.82) is 0 Å². The number of halogens is 5. The molecule has 0 heterocycles. The van der Waals surface area contributed by atoms with Crippen LogP contribution in [-0.2, 0) is 24.4 Å². The number of hydrogen-bond acceptors (Lipinski definition) is 7. The van der Waals surface area contributed by atoms with E-state index in [1.54, 1.807) is 0 Å². The number of rotatable bonds is 6. The Kier molecular flexibility index (Phi) is 7.06. The molecule has 182 valence electrons. The van der Waals surface area contributed by atoms with E-state index in [0.29, 0.717) is 31.4 Å². The molecule has 4 bridgehead atoms. The summed E-state index contributed by atoms with van der Waals surface area (Å²) in [5.74, 6) is -0.905. The quantitative estimate of drug-likeness (QED) is 0.178. The highest BCUT2D eigenvalue weighted by Gasteiger charge is 2.64. The molecule has 33 heavy (non-hydrogen) atoms. The lowest BCUT2D eigenvalue weighted by atomic mass is 9.44. The number of esters is 2. The number of carbonyl (C=O) groups is 2. The topological polar surface area (TPSA) is 110 Å². The molecule has 4 saturated carbocycles. The van der Waals surface area contributed by atoms with E-state index in [9.17, 15) is 31.3 Å². The van der Waals surface area contributed by atoms with E-state index >= 15 is 0 Å². The van der Waals surface area contributed by atoms with Gasteiger partial charge in [0.05, 0.1) is 18.0 Å². The largest absolute Gasteiger partial charge is 0.743 e. The lowest BCUT2D eigenvalue weighted by Crippen LogP contribution is -2.59. The Bertz CT molecular complexity index is 1090. The molecule has 0 N–H and O–H groups in total. The van der Waals surface area contributed by atoms with Crippen molar-refractivity contribution in [3.63, 3.8) is 0 Å². The average Bonchev–Trinajstić information content (AvgIpc) is 2.66. The third-order valence-corrected chi connectivity index (χ3v) is 9.90. The van der Waals surface area contributed by atoms with Crippen LogP contribution in [0.15, 0.2) is 12.1 Å². The molecule has 0 saturated heterocycles. The van der Waals surface area contributed by atoms with E-state index in [0.717, 1.165) is 17.1 Å². The number of hydrogen-bond donors (Lipinski definition) is 0. The fourth-order valence-corrected chi connectivity index (χ4v) is 9.95. The molecule has 4 fully saturated rings. The van der Waals surface area contributed by atoms with Gasteiger partial charge in [-0.3, -0.25) is 9.59 Å². The maximum absolute atomic E-state index is 13.6. The van der Waals surface area contributed by atoms with Crippen molar-refractivity contribution in [3.05, 3.63) is 22.8 Å². The van der Waals surface area contributed by atoms with Crippen LogP contribution in [0.2, 0.25) is 0 Å². The van der Waals surface area contributed by atoms with Crippen LogP contribution in [0.5, 0.6) is 5.75 Å². The minimum absolute atomic E-state index is 0.0324. The first-order valence-corrected chi connectivity index (χ1v) is 14.7. The molecule has 5 rings (SSSR count). The SMILES string of the molecule is O=C(OCC(F)(F)S(=O)(=O)[O-])C12CC3CC(C1)CC(C(=O)Oc1c(I)cc(I)cc1I)(C3)C2. The van der Waals surface area contributed by atoms with Crippen LogP contribution in [0.25, 0.3) is 0 Å². The van der Waals surface area contributed by atoms with E-state index in [4.69, 9.17) is 4.74 Å². The smallest absolute Gasteiger partial charge is 0.367 e. The average molecular weight is 821 g/mol. The molecule has 2 unspecified atom stereocenters. The number of alkyl halides is 2. The zero-order chi connectivity index (χ0) is 24.4. The molecular weight excluding hydrogens is 803 g/mol. The summed E-state index contributed by atoms with van der Waals surface area (Å²) in [6.45, 7) is -1.83. The van der Waals surface area contributed by atoms with Crippen molar-refractivity contribution in [3.8, 4) is 5.75 Å². The highest BCUT2D eigenvalue weighted by molar-refractivity contribution is 14.1. The van der Waals surface area contributed by atoms with Crippen LogP contribution in [0.1, 0.15) is 38.5 Å². The first-order chi connectivity index (χ1) is 15.2. The molecule has 0 radical (unpaired) electrons. The summed E-state index contributed by atoms with van der Waals surface area (Å²) in [6, 6.07) is 3.77. The van der Waals surface area contributed by atoms with Crippen LogP contribution < -0.4 is 4.74 Å². The van der Waals surface area contributed by atoms with E-state index < -0.39 is 44.7 Å². The van der Waals surface area contributed by atoms with Gasteiger partial charge in [0.2, 0.25) is 0 Å². The Morgan fingerprint density at radius 1 is 1.03 bits per heavy atom. The van der Waals surface area contributed by atoms with E-state index in [2.05, 4.69) is 72.5 Å². The second-order valence-electron chi connectivity index (χ2n) is 9.28. The molecule has 1 aromatic carbocycles. The fourth-order valence-electron chi connectivity index (χ4n) is 5.94. The van der Waals surface area contributed by atoms with Gasteiger partial charge >= 0.3 is 17.2 Å². The summed E-state index contributed by atoms with van der Waals surface area (Å²) < 4.78 is 72.4. The Morgan fingerprint density at radius 2 is 1.52 bits per heavy atom. The molecule has 0 aliphatic heterocycles. The van der Waals surface area contributed by atoms with Crippen molar-refractivity contribution >= 4 is 89.8 Å². The van der Waals surface area contributed by atoms with Crippen LogP contribution in [0.3, 0.4) is 0 Å². The minimum Gasteiger partial charge on any atom is -0.743 e. The zero-order valence-corrected chi connectivity index (χ0v) is 24.2. The third-order valence-electron chi connectivity index (χ3n) is 6.82. The molecule has 7 nitrogen and oxygen atoms in total. The fraction of sp³-hybridized carbons (Fsp3) is 0.600. The normalized spacial score (nSPS) is 30.8. The maximum Gasteiger partial charge on any atom is 0.367 e. The van der Waals surface area contributed by atoms with E-state index in [1.807, 2.05) is 12.1 Å². The van der Waals surface area contributed by atoms with Gasteiger partial charge in [-0.25, -0.2) is 8.42 Å². The van der Waals surface area contributed by atoms with Crippen molar-refractivity contribution in [2.75, 3.05) is 6.61 Å². The minimum atomic E-state index is -5.96. The van der Waals surface area contributed by atoms with Gasteiger partial charge in [-0.15, -0.1) is 0 Å². The third kappa shape index (κ3) is 4.90. The van der Waals surface area contributed by atoms with Gasteiger partial charge in [-0.05, 0) is 130 Å². The predicted molar refractivity (Wildman–Crippen MR) is 135 cm³/mol. The molecule has 4 aliphatic rings. The van der Waals surface area contributed by atoms with Gasteiger partial charge in [-0.2, -0.15) is 8.78 Å². The molecule has 4 aliphatic carbocycles. The zero-order valence-electron chi connectivity index (χ0n) is 16.9. The Hall–Kier alpha value is 0.120. The lowest BCUT2D eigenvalue weighted by molar-refractivity contribution is -0.192. The Labute approximate surface area is 230 Å². The van der Waals surface area contributed by atoms with Crippen molar-refractivity contribution < 1.29 is 40.8 Å². The maximum atomic E-state index is 13.6. The Morgan fingerprint density at radius 3 is 2.00 bits per heavy atom. The lowest BCUT2D eigenvalue weighted by Gasteiger charge is -2.59. The van der Waals surface area contributed by atoms with Gasteiger partial charge in [0.1, 0.15) is 0 Å². The van der Waals surface area contributed by atoms with Gasteiger partial charge < -0.3 is 14.0 Å². The van der Waals surface area contributed by atoms with E-state index in [-0.39, 0.29) is 18.3 Å². The Balaban J connectivity index is 1.57. The summed E-state index contributed by atoms with van der Waals surface area (Å²) in [6.07, 6.45) is 2.77. The summed E-state index contributed by atoms with van der Waals surface area (Å²) in [4.78, 5) is 26.4. The second kappa shape index (κ2) is 8.90. The van der Waals surface area contributed by atoms with Crippen molar-refractivity contribution in [1.82, 2.24) is 0 Å². The molecule has 1 aromatic rings. The molecule has 0 aromatic heterocycles. The van der Waals surface area contributed by atoms with Crippen molar-refractivity contribution in [2.24, 2.45) is 22.7 Å². The van der Waals surface area contributed by atoms with Gasteiger partial charge in [-0.1, -0.05) is 0 Å². The molecule has 13 heteroatoms. The summed E-state index contributed by atoms with van der Waals surface area (Å²) in [5.41, 5.74) is -2.11. The van der Waals surface area contributed by atoms with Crippen LogP contribution in [0, 0.1) is 33.4 Å². The summed E-state index contributed by atoms with van der Waals surface area (Å²) >= 11 is 6.36. The molecular formula is C20H18F2I3O7S-. The standard InChI is InChI=1S/C20H19F2I3O7S/c21-20(22,33(28,29)30)9-31-16(26)18-4-10-1-11(5-18)7-19(6-10,8-18)17(27)32-15-13(24)2-12(23)3-14(15)25/h2-3,10-11H,1,4-9H2,(H,28,29,30)/p-1.